The standard InChI is InChI=1S/C42H66O19/c1-17-34(60-38-32(51)30(49)35(25(15-44)59-38)61-37-31(50)29(48)28(47)24(14-43)58-37)36(54-4)33(52)39(56-17)57-20-7-9-40(2)19(12-20)5-6-22-21(40)8-10-41(3)27(18-11-26(46)55-16-18)23(45)13-42(22,41)53/h11,17,19-25,27-39,43-45,47-53H,5-10,12-16H2,1-4H3/t17-,19+,20-,21-,22+,23-,24+,25+,27-,28+,29-,30+,31+,32+,33-,34+,35+,36-,37-,38-,39?,40-,41+,42-/m0/s1. The Hall–Kier alpha value is -1.47. The molecule has 4 saturated carbocycles. The summed E-state index contributed by atoms with van der Waals surface area (Å²) in [5.41, 5.74) is -0.986. The van der Waals surface area contributed by atoms with E-state index in [1.165, 1.54) is 13.2 Å². The third kappa shape index (κ3) is 7.63. The van der Waals surface area contributed by atoms with Crippen LogP contribution in [-0.2, 0) is 42.7 Å². The van der Waals surface area contributed by atoms with Crippen molar-refractivity contribution >= 4 is 5.97 Å². The van der Waals surface area contributed by atoms with E-state index < -0.39 is 128 Å². The fourth-order valence-corrected chi connectivity index (χ4v) is 13.1. The van der Waals surface area contributed by atoms with E-state index in [0.717, 1.165) is 44.1 Å². The highest BCUT2D eigenvalue weighted by molar-refractivity contribution is 5.85. The Bertz CT molecular complexity index is 1600. The second-order valence-corrected chi connectivity index (χ2v) is 19.5. The first-order valence-electron chi connectivity index (χ1n) is 21.9. The number of methoxy groups -OCH3 is 1. The molecule has 4 aliphatic carbocycles. The molecule has 0 amide bonds. The molecule has 7 fully saturated rings. The van der Waals surface area contributed by atoms with Crippen LogP contribution in [0.4, 0.5) is 0 Å². The van der Waals surface area contributed by atoms with Crippen molar-refractivity contribution in [2.75, 3.05) is 26.9 Å². The van der Waals surface area contributed by atoms with Crippen LogP contribution in [-0.4, -0.2) is 194 Å². The number of hydrogen-bond acceptors (Lipinski definition) is 19. The number of hydrogen-bond donors (Lipinski definition) is 10. The van der Waals surface area contributed by atoms with Gasteiger partial charge in [0.25, 0.3) is 0 Å². The topological polar surface area (TPSA) is 293 Å². The number of fused-ring (bicyclic) bond motifs is 5. The van der Waals surface area contributed by atoms with Crippen LogP contribution in [0.3, 0.4) is 0 Å². The second kappa shape index (κ2) is 17.4. The van der Waals surface area contributed by atoms with Gasteiger partial charge in [-0.05, 0) is 80.6 Å². The maximum Gasteiger partial charge on any atom is 0.331 e. The highest BCUT2D eigenvalue weighted by Crippen LogP contribution is 2.70. The molecule has 10 N–H and O–H groups in total. The summed E-state index contributed by atoms with van der Waals surface area (Å²) in [4.78, 5) is 12.0. The lowest BCUT2D eigenvalue weighted by Gasteiger charge is -2.63. The molecule has 19 heteroatoms. The summed E-state index contributed by atoms with van der Waals surface area (Å²) in [7, 11) is 1.38. The molecule has 61 heavy (non-hydrogen) atoms. The Labute approximate surface area is 354 Å². The molecular formula is C42H66O19. The molecule has 24 atom stereocenters. The van der Waals surface area contributed by atoms with Crippen molar-refractivity contribution in [3.63, 3.8) is 0 Å². The van der Waals surface area contributed by atoms with Crippen molar-refractivity contribution in [2.24, 2.45) is 34.5 Å². The van der Waals surface area contributed by atoms with Crippen molar-refractivity contribution in [2.45, 2.75) is 182 Å². The first-order valence-corrected chi connectivity index (χ1v) is 21.9. The molecule has 8 rings (SSSR count). The van der Waals surface area contributed by atoms with Crippen LogP contribution in [0.2, 0.25) is 0 Å². The highest BCUT2D eigenvalue weighted by atomic mass is 16.8. The lowest BCUT2D eigenvalue weighted by atomic mass is 9.43. The zero-order valence-corrected chi connectivity index (χ0v) is 35.1. The normalized spacial score (nSPS) is 55.0. The molecule has 1 unspecified atom stereocenters. The van der Waals surface area contributed by atoms with Crippen molar-refractivity contribution in [3.8, 4) is 0 Å². The van der Waals surface area contributed by atoms with Crippen molar-refractivity contribution < 1.29 is 93.8 Å². The van der Waals surface area contributed by atoms with Gasteiger partial charge in [0.15, 0.2) is 18.9 Å². The predicted octanol–water partition coefficient (Wildman–Crippen LogP) is -2.27. The van der Waals surface area contributed by atoms with Crippen LogP contribution >= 0.6 is 0 Å². The smallest absolute Gasteiger partial charge is 0.331 e. The Balaban J connectivity index is 0.884. The van der Waals surface area contributed by atoms with Gasteiger partial charge >= 0.3 is 5.97 Å². The number of esters is 1. The van der Waals surface area contributed by atoms with Crippen molar-refractivity contribution in [1.29, 1.82) is 0 Å². The van der Waals surface area contributed by atoms with E-state index in [1.807, 2.05) is 0 Å². The number of carbonyl (C=O) groups excluding carboxylic acids is 1. The van der Waals surface area contributed by atoms with Gasteiger partial charge in [-0.1, -0.05) is 13.8 Å². The van der Waals surface area contributed by atoms with E-state index >= 15 is 0 Å². The molecule has 19 nitrogen and oxygen atoms in total. The third-order valence-corrected chi connectivity index (χ3v) is 16.5. The maximum atomic E-state index is 12.6. The molecule has 0 aromatic heterocycles. The Kier molecular flexibility index (Phi) is 13.1. The fourth-order valence-electron chi connectivity index (χ4n) is 13.1. The van der Waals surface area contributed by atoms with E-state index in [-0.39, 0.29) is 48.2 Å². The number of carbonyl (C=O) groups is 1. The molecule has 3 saturated heterocycles. The van der Waals surface area contributed by atoms with Crippen molar-refractivity contribution in [3.05, 3.63) is 11.6 Å². The third-order valence-electron chi connectivity index (χ3n) is 16.5. The molecule has 0 spiro atoms. The van der Waals surface area contributed by atoms with Crippen LogP contribution in [0, 0.1) is 34.5 Å². The zero-order chi connectivity index (χ0) is 43.9. The van der Waals surface area contributed by atoms with Crippen molar-refractivity contribution in [1.82, 2.24) is 0 Å². The first kappa shape index (κ1) is 46.1. The quantitative estimate of drug-likeness (QED) is 0.0818. The molecule has 4 aliphatic heterocycles. The van der Waals surface area contributed by atoms with Crippen LogP contribution < -0.4 is 0 Å². The molecule has 0 radical (unpaired) electrons. The Morgan fingerprint density at radius 1 is 0.721 bits per heavy atom. The van der Waals surface area contributed by atoms with Gasteiger partial charge in [0.2, 0.25) is 0 Å². The number of ether oxygens (including phenoxy) is 8. The van der Waals surface area contributed by atoms with Gasteiger partial charge in [-0.25, -0.2) is 4.79 Å². The number of cyclic esters (lactones) is 1. The van der Waals surface area contributed by atoms with Gasteiger partial charge < -0.3 is 89.0 Å². The fraction of sp³-hybridized carbons (Fsp3) is 0.929. The minimum Gasteiger partial charge on any atom is -0.458 e. The second-order valence-electron chi connectivity index (χ2n) is 19.5. The average Bonchev–Trinajstić information content (AvgIpc) is 3.74. The lowest BCUT2D eigenvalue weighted by Crippen LogP contribution is -2.66. The molecule has 8 aliphatic rings. The summed E-state index contributed by atoms with van der Waals surface area (Å²) in [6, 6.07) is 0. The van der Waals surface area contributed by atoms with E-state index in [0.29, 0.717) is 6.42 Å². The average molecular weight is 875 g/mol. The maximum absolute atomic E-state index is 12.6. The predicted molar refractivity (Wildman–Crippen MR) is 204 cm³/mol. The van der Waals surface area contributed by atoms with E-state index in [9.17, 15) is 55.9 Å². The molecule has 4 heterocycles. The summed E-state index contributed by atoms with van der Waals surface area (Å²) in [6.07, 6.45) is -15.4. The first-order chi connectivity index (χ1) is 28.9. The van der Waals surface area contributed by atoms with Crippen LogP contribution in [0.15, 0.2) is 11.6 Å². The molecule has 0 bridgehead atoms. The van der Waals surface area contributed by atoms with Gasteiger partial charge in [-0.15, -0.1) is 0 Å². The van der Waals surface area contributed by atoms with Gasteiger partial charge in [-0.2, -0.15) is 0 Å². The van der Waals surface area contributed by atoms with Gasteiger partial charge in [-0.3, -0.25) is 0 Å². The Morgan fingerprint density at radius 3 is 2.03 bits per heavy atom. The summed E-state index contributed by atoms with van der Waals surface area (Å²) < 4.78 is 46.6. The van der Waals surface area contributed by atoms with Crippen LogP contribution in [0.25, 0.3) is 0 Å². The highest BCUT2D eigenvalue weighted by Gasteiger charge is 2.70. The SMILES string of the molecule is CO[C@@H]1[C@H](O[C@@H]2O[C@H](CO)[C@@H](O[C@@H]3O[C@H](CO)[C@@H](O)[C@H](O)[C@H]3O)[C@H](O)[C@H]2O)[C@H](C)OC(O[C@H]2CC[C@@]3(C)[C@H](CC[C@@H]4[C@@H]3CC[C@]3(C)[C@@H](C5=CC(=O)OC5)[C@@H](O)C[C@]43O)C2)[C@H]1O. The number of rotatable bonds is 10. The number of aliphatic hydroxyl groups is 10. The van der Waals surface area contributed by atoms with E-state index in [2.05, 4.69) is 13.8 Å². The zero-order valence-electron chi connectivity index (χ0n) is 35.1. The summed E-state index contributed by atoms with van der Waals surface area (Å²) in [6.45, 7) is 4.76. The van der Waals surface area contributed by atoms with Crippen LogP contribution in [0.5, 0.6) is 0 Å². The van der Waals surface area contributed by atoms with Gasteiger partial charge in [0, 0.05) is 30.9 Å². The molecule has 348 valence electrons. The molecule has 0 aromatic rings. The minimum absolute atomic E-state index is 0.00622. The van der Waals surface area contributed by atoms with Crippen LogP contribution in [0.1, 0.15) is 72.1 Å². The monoisotopic (exact) mass is 874 g/mol. The largest absolute Gasteiger partial charge is 0.458 e. The number of aliphatic hydroxyl groups excluding tert-OH is 9. The van der Waals surface area contributed by atoms with E-state index in [1.54, 1.807) is 6.92 Å². The lowest BCUT2D eigenvalue weighted by molar-refractivity contribution is -0.380. The van der Waals surface area contributed by atoms with E-state index in [4.69, 9.17) is 37.9 Å². The minimum atomic E-state index is -1.81. The Morgan fingerprint density at radius 2 is 1.38 bits per heavy atom. The van der Waals surface area contributed by atoms with Gasteiger partial charge in [0.05, 0.1) is 37.1 Å². The summed E-state index contributed by atoms with van der Waals surface area (Å²) in [5, 5.41) is 108. The van der Waals surface area contributed by atoms with Gasteiger partial charge in [0.1, 0.15) is 73.8 Å². The molecule has 0 aromatic carbocycles. The summed E-state index contributed by atoms with van der Waals surface area (Å²) in [5.74, 6) is -0.235. The summed E-state index contributed by atoms with van der Waals surface area (Å²) >= 11 is 0. The molecular weight excluding hydrogens is 808 g/mol.